The van der Waals surface area contributed by atoms with Gasteiger partial charge in [0.1, 0.15) is 5.78 Å². The van der Waals surface area contributed by atoms with E-state index in [2.05, 4.69) is 12.2 Å². The predicted molar refractivity (Wildman–Crippen MR) is 73.4 cm³/mol. The molecule has 1 amide bonds. The smallest absolute Gasteiger partial charge is 0.220 e. The van der Waals surface area contributed by atoms with E-state index in [-0.39, 0.29) is 11.8 Å². The number of rotatable bonds is 8. The average Bonchev–Trinajstić information content (AvgIpc) is 2.58. The molecule has 3 nitrogen and oxygen atoms in total. The van der Waals surface area contributed by atoms with Gasteiger partial charge in [0.25, 0.3) is 0 Å². The van der Waals surface area contributed by atoms with Crippen molar-refractivity contribution in [1.82, 2.24) is 5.32 Å². The highest BCUT2D eigenvalue weighted by Gasteiger charge is 2.21. The lowest BCUT2D eigenvalue weighted by atomic mass is 9.92. The first-order valence-electron chi connectivity index (χ1n) is 7.53. The van der Waals surface area contributed by atoms with Gasteiger partial charge < -0.3 is 5.32 Å². The molecule has 1 saturated heterocycles. The highest BCUT2D eigenvalue weighted by atomic mass is 16.1. The van der Waals surface area contributed by atoms with Crippen LogP contribution >= 0.6 is 0 Å². The van der Waals surface area contributed by atoms with Crippen LogP contribution in [0.3, 0.4) is 0 Å². The second-order valence-electron chi connectivity index (χ2n) is 5.36. The number of unbranched alkanes of at least 4 members (excludes halogenated alkanes) is 5. The first kappa shape index (κ1) is 15.2. The second-order valence-corrected chi connectivity index (χ2v) is 5.36. The largest absolute Gasteiger partial charge is 0.356 e. The van der Waals surface area contributed by atoms with Gasteiger partial charge in [-0.05, 0) is 19.3 Å². The Balaban J connectivity index is 2.10. The molecule has 1 atom stereocenters. The number of nitrogens with one attached hydrogen (secondary N) is 1. The standard InChI is InChI=1S/C15H27NO2/c1-2-3-4-5-6-7-8-14(17)13-9-10-15(18)16-12-11-13/h13H,2-12H2,1H3,(H,16,18). The Morgan fingerprint density at radius 1 is 1.17 bits per heavy atom. The maximum Gasteiger partial charge on any atom is 0.220 e. The number of carbonyl (C=O) groups is 2. The molecule has 1 N–H and O–H groups in total. The van der Waals surface area contributed by atoms with Crippen LogP contribution in [0.2, 0.25) is 0 Å². The monoisotopic (exact) mass is 253 g/mol. The summed E-state index contributed by atoms with van der Waals surface area (Å²) < 4.78 is 0. The summed E-state index contributed by atoms with van der Waals surface area (Å²) in [6.07, 6.45) is 10.2. The van der Waals surface area contributed by atoms with Crippen molar-refractivity contribution < 1.29 is 9.59 Å². The Bertz CT molecular complexity index is 263. The number of amides is 1. The quantitative estimate of drug-likeness (QED) is 0.675. The van der Waals surface area contributed by atoms with Crippen LogP contribution in [-0.2, 0) is 9.59 Å². The van der Waals surface area contributed by atoms with Crippen molar-refractivity contribution in [3.8, 4) is 0 Å². The van der Waals surface area contributed by atoms with Crippen LogP contribution in [0.5, 0.6) is 0 Å². The van der Waals surface area contributed by atoms with Crippen LogP contribution in [0.1, 0.15) is 71.1 Å². The molecule has 0 aliphatic carbocycles. The molecule has 1 rings (SSSR count). The van der Waals surface area contributed by atoms with Gasteiger partial charge in [0, 0.05) is 25.3 Å². The van der Waals surface area contributed by atoms with Crippen LogP contribution < -0.4 is 5.32 Å². The first-order chi connectivity index (χ1) is 8.74. The minimum Gasteiger partial charge on any atom is -0.356 e. The van der Waals surface area contributed by atoms with E-state index < -0.39 is 0 Å². The third kappa shape index (κ3) is 6.18. The molecule has 1 fully saturated rings. The number of hydrogen-bond acceptors (Lipinski definition) is 2. The summed E-state index contributed by atoms with van der Waals surface area (Å²) in [7, 11) is 0. The van der Waals surface area contributed by atoms with Gasteiger partial charge in [-0.2, -0.15) is 0 Å². The molecule has 0 saturated carbocycles. The summed E-state index contributed by atoms with van der Waals surface area (Å²) >= 11 is 0. The molecular weight excluding hydrogens is 226 g/mol. The van der Waals surface area contributed by atoms with E-state index in [1.54, 1.807) is 0 Å². The Labute approximate surface area is 111 Å². The van der Waals surface area contributed by atoms with Gasteiger partial charge in [-0.3, -0.25) is 9.59 Å². The maximum absolute atomic E-state index is 12.0. The third-order valence-electron chi connectivity index (χ3n) is 3.77. The number of ketones is 1. The van der Waals surface area contributed by atoms with E-state index in [1.807, 2.05) is 0 Å². The molecule has 1 aliphatic heterocycles. The predicted octanol–water partition coefficient (Wildman–Crippen LogP) is 3.22. The maximum atomic E-state index is 12.0. The van der Waals surface area contributed by atoms with E-state index in [4.69, 9.17) is 0 Å². The summed E-state index contributed by atoms with van der Waals surface area (Å²) in [6.45, 7) is 2.89. The molecule has 0 bridgehead atoms. The lowest BCUT2D eigenvalue weighted by molar-refractivity contribution is -0.123. The van der Waals surface area contributed by atoms with E-state index in [0.29, 0.717) is 25.2 Å². The van der Waals surface area contributed by atoms with Crippen molar-refractivity contribution in [3.05, 3.63) is 0 Å². The van der Waals surface area contributed by atoms with Gasteiger partial charge in [-0.15, -0.1) is 0 Å². The SMILES string of the molecule is CCCCCCCCC(=O)C1CCNC(=O)CC1. The molecule has 1 heterocycles. The Hall–Kier alpha value is -0.860. The molecule has 3 heteroatoms. The van der Waals surface area contributed by atoms with Crippen LogP contribution in [0.25, 0.3) is 0 Å². The van der Waals surface area contributed by atoms with Crippen molar-refractivity contribution in [2.24, 2.45) is 5.92 Å². The molecule has 104 valence electrons. The fraction of sp³-hybridized carbons (Fsp3) is 0.867. The van der Waals surface area contributed by atoms with Crippen LogP contribution in [0.15, 0.2) is 0 Å². The Morgan fingerprint density at radius 3 is 2.67 bits per heavy atom. The van der Waals surface area contributed by atoms with Gasteiger partial charge in [-0.1, -0.05) is 39.0 Å². The summed E-state index contributed by atoms with van der Waals surface area (Å²) in [5, 5.41) is 2.83. The topological polar surface area (TPSA) is 46.2 Å². The normalized spacial score (nSPS) is 20.3. The Morgan fingerprint density at radius 2 is 1.89 bits per heavy atom. The number of hydrogen-bond donors (Lipinski definition) is 1. The Kier molecular flexibility index (Phi) is 7.70. The third-order valence-corrected chi connectivity index (χ3v) is 3.77. The molecule has 18 heavy (non-hydrogen) atoms. The van der Waals surface area contributed by atoms with E-state index >= 15 is 0 Å². The lowest BCUT2D eigenvalue weighted by Gasteiger charge is -2.11. The molecule has 1 aliphatic rings. The van der Waals surface area contributed by atoms with E-state index in [9.17, 15) is 9.59 Å². The molecule has 0 aromatic rings. The highest BCUT2D eigenvalue weighted by Crippen LogP contribution is 2.18. The molecule has 0 radical (unpaired) electrons. The summed E-state index contributed by atoms with van der Waals surface area (Å²) in [5.74, 6) is 0.603. The molecular formula is C15H27NO2. The highest BCUT2D eigenvalue weighted by molar-refractivity contribution is 5.83. The fourth-order valence-electron chi connectivity index (χ4n) is 2.53. The van der Waals surface area contributed by atoms with Crippen molar-refractivity contribution in [3.63, 3.8) is 0 Å². The molecule has 0 aromatic carbocycles. The summed E-state index contributed by atoms with van der Waals surface area (Å²) in [6, 6.07) is 0. The fourth-order valence-corrected chi connectivity index (χ4v) is 2.53. The first-order valence-corrected chi connectivity index (χ1v) is 7.53. The number of carbonyl (C=O) groups excluding carboxylic acids is 2. The van der Waals surface area contributed by atoms with Crippen LogP contribution in [0.4, 0.5) is 0 Å². The van der Waals surface area contributed by atoms with Crippen LogP contribution in [-0.4, -0.2) is 18.2 Å². The zero-order chi connectivity index (χ0) is 13.2. The zero-order valence-electron chi connectivity index (χ0n) is 11.7. The molecule has 1 unspecified atom stereocenters. The summed E-state index contributed by atoms with van der Waals surface area (Å²) in [5.41, 5.74) is 0. The van der Waals surface area contributed by atoms with Crippen LogP contribution in [0, 0.1) is 5.92 Å². The van der Waals surface area contributed by atoms with E-state index in [0.717, 1.165) is 19.3 Å². The summed E-state index contributed by atoms with van der Waals surface area (Å²) in [4.78, 5) is 23.2. The van der Waals surface area contributed by atoms with Gasteiger partial charge in [-0.25, -0.2) is 0 Å². The lowest BCUT2D eigenvalue weighted by Crippen LogP contribution is -2.21. The van der Waals surface area contributed by atoms with E-state index in [1.165, 1.54) is 32.1 Å². The molecule has 0 spiro atoms. The minimum absolute atomic E-state index is 0.102. The van der Waals surface area contributed by atoms with Gasteiger partial charge in [0.2, 0.25) is 5.91 Å². The van der Waals surface area contributed by atoms with Crippen molar-refractivity contribution in [1.29, 1.82) is 0 Å². The van der Waals surface area contributed by atoms with Gasteiger partial charge >= 0.3 is 0 Å². The van der Waals surface area contributed by atoms with Gasteiger partial charge in [0.15, 0.2) is 0 Å². The van der Waals surface area contributed by atoms with Crippen molar-refractivity contribution in [2.75, 3.05) is 6.54 Å². The zero-order valence-corrected chi connectivity index (χ0v) is 11.7. The second kappa shape index (κ2) is 9.12. The van der Waals surface area contributed by atoms with Crippen molar-refractivity contribution >= 4 is 11.7 Å². The number of Topliss-reactive ketones (excluding diaryl/α,β-unsaturated/α-hetero) is 1. The minimum atomic E-state index is 0.102. The molecule has 0 aromatic heterocycles. The van der Waals surface area contributed by atoms with Crippen molar-refractivity contribution in [2.45, 2.75) is 71.1 Å². The van der Waals surface area contributed by atoms with Gasteiger partial charge in [0.05, 0.1) is 0 Å². The average molecular weight is 253 g/mol.